The van der Waals surface area contributed by atoms with Gasteiger partial charge < -0.3 is 14.7 Å². The molecule has 2 aliphatic heterocycles. The Labute approximate surface area is 100 Å². The van der Waals surface area contributed by atoms with Crippen LogP contribution in [0.1, 0.15) is 12.8 Å². The fourth-order valence-electron chi connectivity index (χ4n) is 2.70. The lowest BCUT2D eigenvalue weighted by Gasteiger charge is -2.58. The van der Waals surface area contributed by atoms with Crippen molar-refractivity contribution in [1.29, 1.82) is 0 Å². The largest absolute Gasteiger partial charge is 0.481 e. The van der Waals surface area contributed by atoms with Gasteiger partial charge in [0.25, 0.3) is 0 Å². The molecule has 1 atom stereocenters. The second-order valence-corrected chi connectivity index (χ2v) is 4.52. The highest BCUT2D eigenvalue weighted by Gasteiger charge is 2.63. The number of rotatable bonds is 1. The Bertz CT molecular complexity index is 376. The summed E-state index contributed by atoms with van der Waals surface area (Å²) in [5, 5.41) is 8.99. The predicted octanol–water partition coefficient (Wildman–Crippen LogP) is 0.641. The number of nitrogens with zero attached hydrogens (tertiary/aromatic N) is 1. The Morgan fingerprint density at radius 2 is 1.83 bits per heavy atom. The third-order valence-corrected chi connectivity index (χ3v) is 3.70. The first-order valence-corrected chi connectivity index (χ1v) is 5.48. The van der Waals surface area contributed by atoms with Crippen molar-refractivity contribution in [3.8, 4) is 0 Å². The molecule has 2 saturated heterocycles. The molecule has 1 amide bonds. The maximum atomic E-state index is 12.4. The van der Waals surface area contributed by atoms with Gasteiger partial charge in [-0.3, -0.25) is 9.59 Å². The minimum absolute atomic E-state index is 0.131. The minimum atomic E-state index is -4.96. The zero-order valence-electron chi connectivity index (χ0n) is 9.37. The number of likely N-dealkylation sites (tertiary alicyclic amines) is 1. The van der Waals surface area contributed by atoms with Crippen LogP contribution in [0.2, 0.25) is 0 Å². The summed E-state index contributed by atoms with van der Waals surface area (Å²) in [5.41, 5.74) is -1.23. The third kappa shape index (κ3) is 1.84. The Morgan fingerprint density at radius 1 is 1.28 bits per heavy atom. The number of amides is 1. The van der Waals surface area contributed by atoms with E-state index < -0.39 is 29.5 Å². The van der Waals surface area contributed by atoms with Crippen molar-refractivity contribution in [1.82, 2.24) is 4.90 Å². The van der Waals surface area contributed by atoms with E-state index in [4.69, 9.17) is 9.84 Å². The molecule has 0 bridgehead atoms. The molecule has 0 aliphatic carbocycles. The number of aliphatic carboxylic acids is 1. The summed E-state index contributed by atoms with van der Waals surface area (Å²) in [7, 11) is 0. The average molecular weight is 267 g/mol. The van der Waals surface area contributed by atoms with E-state index in [0.717, 1.165) is 0 Å². The summed E-state index contributed by atoms with van der Waals surface area (Å²) < 4.78 is 42.3. The second-order valence-electron chi connectivity index (χ2n) is 4.52. The van der Waals surface area contributed by atoms with E-state index in [2.05, 4.69) is 0 Å². The molecule has 2 aliphatic rings. The molecule has 0 aromatic carbocycles. The van der Waals surface area contributed by atoms with E-state index in [-0.39, 0.29) is 32.6 Å². The number of hydrogen-bond acceptors (Lipinski definition) is 3. The first-order valence-electron chi connectivity index (χ1n) is 5.48. The van der Waals surface area contributed by atoms with E-state index in [1.165, 1.54) is 0 Å². The molecule has 2 fully saturated rings. The second kappa shape index (κ2) is 4.11. The molecular formula is C10H12F3NO4. The summed E-state index contributed by atoms with van der Waals surface area (Å²) >= 11 is 0. The van der Waals surface area contributed by atoms with Crippen LogP contribution in [0.3, 0.4) is 0 Å². The Morgan fingerprint density at radius 3 is 2.28 bits per heavy atom. The molecule has 5 nitrogen and oxygen atoms in total. The van der Waals surface area contributed by atoms with Gasteiger partial charge >= 0.3 is 18.1 Å². The topological polar surface area (TPSA) is 66.8 Å². The molecule has 1 unspecified atom stereocenters. The van der Waals surface area contributed by atoms with Gasteiger partial charge in [-0.1, -0.05) is 0 Å². The van der Waals surface area contributed by atoms with Crippen LogP contribution in [-0.4, -0.2) is 53.4 Å². The summed E-state index contributed by atoms with van der Waals surface area (Å²) in [6.07, 6.45) is -4.70. The van der Waals surface area contributed by atoms with Gasteiger partial charge in [0.1, 0.15) is 0 Å². The minimum Gasteiger partial charge on any atom is -0.481 e. The molecule has 1 N–H and O–H groups in total. The molecule has 2 rings (SSSR count). The SMILES string of the molecule is O=C(O)C1CN(C(=O)C(F)(F)F)C12CCOCC2. The summed E-state index contributed by atoms with van der Waals surface area (Å²) in [6.45, 7) is -0.0372. The van der Waals surface area contributed by atoms with Crippen molar-refractivity contribution in [3.05, 3.63) is 0 Å². The third-order valence-electron chi connectivity index (χ3n) is 3.70. The molecular weight excluding hydrogens is 255 g/mol. The fourth-order valence-corrected chi connectivity index (χ4v) is 2.70. The average Bonchev–Trinajstić information content (AvgIpc) is 2.27. The van der Waals surface area contributed by atoms with E-state index in [9.17, 15) is 22.8 Å². The number of halogens is 3. The van der Waals surface area contributed by atoms with Gasteiger partial charge in [0, 0.05) is 19.8 Å². The molecule has 1 spiro atoms. The van der Waals surface area contributed by atoms with Crippen LogP contribution < -0.4 is 0 Å². The van der Waals surface area contributed by atoms with Crippen molar-refractivity contribution in [3.63, 3.8) is 0 Å². The van der Waals surface area contributed by atoms with E-state index >= 15 is 0 Å². The van der Waals surface area contributed by atoms with Crippen LogP contribution in [-0.2, 0) is 14.3 Å². The van der Waals surface area contributed by atoms with Gasteiger partial charge in [0.2, 0.25) is 0 Å². The summed E-state index contributed by atoms with van der Waals surface area (Å²) in [5.74, 6) is -4.06. The molecule has 0 saturated carbocycles. The van der Waals surface area contributed by atoms with Crippen molar-refractivity contribution in [2.45, 2.75) is 24.6 Å². The first-order chi connectivity index (χ1) is 8.29. The Balaban J connectivity index is 2.23. The normalized spacial score (nSPS) is 26.8. The number of carboxylic acids is 1. The van der Waals surface area contributed by atoms with E-state index in [1.807, 2.05) is 0 Å². The lowest BCUT2D eigenvalue weighted by Crippen LogP contribution is -2.74. The van der Waals surface area contributed by atoms with Gasteiger partial charge in [0.15, 0.2) is 0 Å². The highest BCUT2D eigenvalue weighted by atomic mass is 19.4. The van der Waals surface area contributed by atoms with Crippen molar-refractivity contribution in [2.24, 2.45) is 5.92 Å². The van der Waals surface area contributed by atoms with Crippen molar-refractivity contribution < 1.29 is 32.6 Å². The van der Waals surface area contributed by atoms with Gasteiger partial charge in [-0.25, -0.2) is 0 Å². The summed E-state index contributed by atoms with van der Waals surface area (Å²) in [4.78, 5) is 22.9. The fraction of sp³-hybridized carbons (Fsp3) is 0.800. The Kier molecular flexibility index (Phi) is 3.00. The first kappa shape index (κ1) is 13.1. The lowest BCUT2D eigenvalue weighted by molar-refractivity contribution is -0.219. The van der Waals surface area contributed by atoms with Crippen LogP contribution in [0, 0.1) is 5.92 Å². The van der Waals surface area contributed by atoms with Crippen LogP contribution in [0.4, 0.5) is 13.2 Å². The lowest BCUT2D eigenvalue weighted by atomic mass is 9.68. The number of carbonyl (C=O) groups excluding carboxylic acids is 1. The van der Waals surface area contributed by atoms with E-state index in [1.54, 1.807) is 0 Å². The van der Waals surface area contributed by atoms with Gasteiger partial charge in [-0.05, 0) is 12.8 Å². The van der Waals surface area contributed by atoms with Gasteiger partial charge in [-0.2, -0.15) is 13.2 Å². The van der Waals surface area contributed by atoms with Gasteiger partial charge in [-0.15, -0.1) is 0 Å². The maximum Gasteiger partial charge on any atom is 0.471 e. The quantitative estimate of drug-likeness (QED) is 0.757. The maximum absolute atomic E-state index is 12.4. The van der Waals surface area contributed by atoms with Crippen molar-refractivity contribution >= 4 is 11.9 Å². The number of carboxylic acid groups (broad SMARTS) is 1. The molecule has 0 aromatic rings. The van der Waals surface area contributed by atoms with Crippen LogP contribution >= 0.6 is 0 Å². The highest BCUT2D eigenvalue weighted by molar-refractivity contribution is 5.86. The molecule has 102 valence electrons. The zero-order chi connectivity index (χ0) is 13.6. The van der Waals surface area contributed by atoms with Gasteiger partial charge in [0.05, 0.1) is 11.5 Å². The number of carbonyl (C=O) groups is 2. The molecule has 8 heteroatoms. The van der Waals surface area contributed by atoms with Crippen LogP contribution in [0.25, 0.3) is 0 Å². The monoisotopic (exact) mass is 267 g/mol. The molecule has 0 radical (unpaired) electrons. The molecule has 2 heterocycles. The standard InChI is InChI=1S/C10H12F3NO4/c11-10(12,13)8(17)14-5-6(7(15)16)9(14)1-3-18-4-2-9/h6H,1-5H2,(H,15,16). The highest BCUT2D eigenvalue weighted by Crippen LogP contribution is 2.46. The van der Waals surface area contributed by atoms with Crippen LogP contribution in [0.15, 0.2) is 0 Å². The smallest absolute Gasteiger partial charge is 0.471 e. The molecule has 0 aromatic heterocycles. The molecule has 18 heavy (non-hydrogen) atoms. The predicted molar refractivity (Wildman–Crippen MR) is 51.7 cm³/mol. The Hall–Kier alpha value is -1.31. The number of hydrogen-bond donors (Lipinski definition) is 1. The number of ether oxygens (including phenoxy) is 1. The summed E-state index contributed by atoms with van der Waals surface area (Å²) in [6, 6.07) is 0. The van der Waals surface area contributed by atoms with E-state index in [0.29, 0.717) is 4.90 Å². The van der Waals surface area contributed by atoms with Crippen LogP contribution in [0.5, 0.6) is 0 Å². The van der Waals surface area contributed by atoms with Crippen molar-refractivity contribution in [2.75, 3.05) is 19.8 Å². The number of alkyl halides is 3. The zero-order valence-corrected chi connectivity index (χ0v) is 9.37.